The van der Waals surface area contributed by atoms with Crippen LogP contribution in [-0.4, -0.2) is 16.5 Å². The Bertz CT molecular complexity index is 348. The van der Waals surface area contributed by atoms with E-state index >= 15 is 0 Å². The first-order valence-electron chi connectivity index (χ1n) is 4.03. The van der Waals surface area contributed by atoms with Gasteiger partial charge in [0.2, 0.25) is 6.54 Å². The van der Waals surface area contributed by atoms with Crippen molar-refractivity contribution in [2.24, 2.45) is 0 Å². The van der Waals surface area contributed by atoms with Crippen LogP contribution in [0.1, 0.15) is 11.3 Å². The predicted octanol–water partition coefficient (Wildman–Crippen LogP) is 1.92. The Morgan fingerprint density at radius 2 is 2.07 bits per heavy atom. The van der Waals surface area contributed by atoms with E-state index in [-0.39, 0.29) is 13.0 Å². The maximum atomic E-state index is 12.1. The Morgan fingerprint density at radius 1 is 1.40 bits per heavy atom. The molecule has 0 aliphatic heterocycles. The van der Waals surface area contributed by atoms with Crippen LogP contribution < -0.4 is 0 Å². The number of rotatable bonds is 3. The molecule has 0 fully saturated rings. The summed E-state index contributed by atoms with van der Waals surface area (Å²) in [7, 11) is 0. The molecular formula is C8H7F3N2O2. The summed E-state index contributed by atoms with van der Waals surface area (Å²) < 4.78 is 36.2. The van der Waals surface area contributed by atoms with E-state index in [0.29, 0.717) is 5.56 Å². The second kappa shape index (κ2) is 4.24. The molecule has 0 spiro atoms. The lowest BCUT2D eigenvalue weighted by Crippen LogP contribution is -2.09. The molecule has 0 bridgehead atoms. The third kappa shape index (κ3) is 3.53. The van der Waals surface area contributed by atoms with E-state index in [9.17, 15) is 23.3 Å². The molecule has 1 rings (SSSR count). The minimum Gasteiger partial charge on any atom is -0.265 e. The predicted molar refractivity (Wildman–Crippen MR) is 44.8 cm³/mol. The van der Waals surface area contributed by atoms with Crippen LogP contribution in [0.15, 0.2) is 18.3 Å². The first kappa shape index (κ1) is 11.4. The van der Waals surface area contributed by atoms with E-state index in [1.165, 1.54) is 6.07 Å². The summed E-state index contributed by atoms with van der Waals surface area (Å²) in [6, 6.07) is 2.01. The fourth-order valence-electron chi connectivity index (χ4n) is 0.960. The number of hydrogen-bond acceptors (Lipinski definition) is 3. The highest BCUT2D eigenvalue weighted by Crippen LogP contribution is 2.27. The highest BCUT2D eigenvalue weighted by atomic mass is 19.4. The molecule has 15 heavy (non-hydrogen) atoms. The largest absolute Gasteiger partial charge is 0.433 e. The van der Waals surface area contributed by atoms with Gasteiger partial charge in [0.1, 0.15) is 5.69 Å². The Kier molecular flexibility index (Phi) is 3.23. The molecule has 0 unspecified atom stereocenters. The third-order valence-corrected chi connectivity index (χ3v) is 1.70. The minimum absolute atomic E-state index is 0.0815. The fraction of sp³-hybridized carbons (Fsp3) is 0.375. The van der Waals surface area contributed by atoms with E-state index in [4.69, 9.17) is 0 Å². The number of pyridine rings is 1. The van der Waals surface area contributed by atoms with Crippen molar-refractivity contribution in [3.8, 4) is 0 Å². The molecule has 0 saturated carbocycles. The number of hydrogen-bond donors (Lipinski definition) is 0. The standard InChI is InChI=1S/C8H7F3N2O2/c9-8(10,11)7-2-1-6(5-12-7)3-4-13(14)15/h1-2,5H,3-4H2. The molecule has 82 valence electrons. The topological polar surface area (TPSA) is 56.0 Å². The molecule has 1 heterocycles. The average molecular weight is 220 g/mol. The van der Waals surface area contributed by atoms with Crippen LogP contribution in [0.5, 0.6) is 0 Å². The van der Waals surface area contributed by atoms with Crippen molar-refractivity contribution in [3.05, 3.63) is 39.7 Å². The number of nitrogens with zero attached hydrogens (tertiary/aromatic N) is 2. The monoisotopic (exact) mass is 220 g/mol. The molecular weight excluding hydrogens is 213 g/mol. The zero-order valence-electron chi connectivity index (χ0n) is 7.49. The Labute approximate surface area is 82.9 Å². The van der Waals surface area contributed by atoms with Crippen LogP contribution in [0.2, 0.25) is 0 Å². The van der Waals surface area contributed by atoms with Gasteiger partial charge in [-0.15, -0.1) is 0 Å². The van der Waals surface area contributed by atoms with Gasteiger partial charge in [-0.1, -0.05) is 6.07 Å². The van der Waals surface area contributed by atoms with E-state index in [0.717, 1.165) is 12.3 Å². The molecule has 0 N–H and O–H groups in total. The van der Waals surface area contributed by atoms with Gasteiger partial charge in [-0.25, -0.2) is 0 Å². The summed E-state index contributed by atoms with van der Waals surface area (Å²) >= 11 is 0. The van der Waals surface area contributed by atoms with Crippen molar-refractivity contribution in [2.45, 2.75) is 12.6 Å². The van der Waals surface area contributed by atoms with Crippen molar-refractivity contribution in [3.63, 3.8) is 0 Å². The molecule has 0 aliphatic carbocycles. The van der Waals surface area contributed by atoms with Crippen LogP contribution in [0.3, 0.4) is 0 Å². The number of aromatic nitrogens is 1. The molecule has 0 aromatic carbocycles. The third-order valence-electron chi connectivity index (χ3n) is 1.70. The highest BCUT2D eigenvalue weighted by Gasteiger charge is 2.31. The Hall–Kier alpha value is -1.66. The molecule has 0 radical (unpaired) electrons. The quantitative estimate of drug-likeness (QED) is 0.577. The lowest BCUT2D eigenvalue weighted by molar-refractivity contribution is -0.479. The summed E-state index contributed by atoms with van der Waals surface area (Å²) in [6.45, 7) is -0.312. The smallest absolute Gasteiger partial charge is 0.265 e. The van der Waals surface area contributed by atoms with Gasteiger partial charge in [0, 0.05) is 17.5 Å². The summed E-state index contributed by atoms with van der Waals surface area (Å²) in [6.07, 6.45) is -3.38. The van der Waals surface area contributed by atoms with Gasteiger partial charge >= 0.3 is 6.18 Å². The molecule has 7 heteroatoms. The van der Waals surface area contributed by atoms with E-state index in [1.807, 2.05) is 0 Å². The van der Waals surface area contributed by atoms with E-state index in [2.05, 4.69) is 4.98 Å². The molecule has 0 amide bonds. The molecule has 0 saturated heterocycles. The number of halogens is 3. The van der Waals surface area contributed by atoms with Crippen molar-refractivity contribution in [1.29, 1.82) is 0 Å². The number of alkyl halides is 3. The summed E-state index contributed by atoms with van der Waals surface area (Å²) in [5.74, 6) is 0. The molecule has 0 atom stereocenters. The van der Waals surface area contributed by atoms with Gasteiger partial charge in [0.15, 0.2) is 0 Å². The SMILES string of the molecule is O=[N+]([O-])CCc1ccc(C(F)(F)F)nc1. The van der Waals surface area contributed by atoms with Gasteiger partial charge in [-0.3, -0.25) is 15.1 Å². The van der Waals surface area contributed by atoms with Gasteiger partial charge in [-0.05, 0) is 11.6 Å². The van der Waals surface area contributed by atoms with Crippen LogP contribution in [0, 0.1) is 10.1 Å². The van der Waals surface area contributed by atoms with Crippen LogP contribution >= 0.6 is 0 Å². The van der Waals surface area contributed by atoms with Crippen molar-refractivity contribution in [1.82, 2.24) is 4.98 Å². The summed E-state index contributed by atoms with van der Waals surface area (Å²) in [5.41, 5.74) is -0.577. The zero-order valence-corrected chi connectivity index (χ0v) is 7.49. The molecule has 0 aliphatic rings. The molecule has 1 aromatic heterocycles. The average Bonchev–Trinajstić information content (AvgIpc) is 2.14. The zero-order chi connectivity index (χ0) is 11.5. The summed E-state index contributed by atoms with van der Waals surface area (Å²) in [5, 5.41) is 10.0. The lowest BCUT2D eigenvalue weighted by Gasteiger charge is -2.05. The maximum absolute atomic E-state index is 12.1. The maximum Gasteiger partial charge on any atom is 0.433 e. The van der Waals surface area contributed by atoms with Gasteiger partial charge in [-0.2, -0.15) is 13.2 Å². The normalized spacial score (nSPS) is 11.4. The van der Waals surface area contributed by atoms with Gasteiger partial charge in [0.25, 0.3) is 0 Å². The first-order valence-corrected chi connectivity index (χ1v) is 4.03. The van der Waals surface area contributed by atoms with E-state index in [1.54, 1.807) is 0 Å². The van der Waals surface area contributed by atoms with Crippen LogP contribution in [-0.2, 0) is 12.6 Å². The lowest BCUT2D eigenvalue weighted by atomic mass is 10.2. The van der Waals surface area contributed by atoms with Crippen molar-refractivity contribution in [2.75, 3.05) is 6.54 Å². The summed E-state index contributed by atoms with van der Waals surface area (Å²) in [4.78, 5) is 12.7. The second-order valence-corrected chi connectivity index (χ2v) is 2.86. The van der Waals surface area contributed by atoms with Gasteiger partial charge < -0.3 is 0 Å². The number of nitro groups is 1. The Balaban J connectivity index is 2.69. The second-order valence-electron chi connectivity index (χ2n) is 2.86. The van der Waals surface area contributed by atoms with Crippen molar-refractivity contribution >= 4 is 0 Å². The fourth-order valence-corrected chi connectivity index (χ4v) is 0.960. The van der Waals surface area contributed by atoms with Gasteiger partial charge in [0.05, 0.1) is 0 Å². The van der Waals surface area contributed by atoms with E-state index < -0.39 is 16.8 Å². The highest BCUT2D eigenvalue weighted by molar-refractivity contribution is 5.16. The van der Waals surface area contributed by atoms with Crippen molar-refractivity contribution < 1.29 is 18.1 Å². The molecule has 4 nitrogen and oxygen atoms in total. The Morgan fingerprint density at radius 3 is 2.47 bits per heavy atom. The first-order chi connectivity index (χ1) is 6.89. The minimum atomic E-state index is -4.47. The van der Waals surface area contributed by atoms with Crippen LogP contribution in [0.4, 0.5) is 13.2 Å². The molecule has 1 aromatic rings. The van der Waals surface area contributed by atoms with Crippen LogP contribution in [0.25, 0.3) is 0 Å².